The summed E-state index contributed by atoms with van der Waals surface area (Å²) in [5, 5.41) is 0. The fraction of sp³-hybridized carbons (Fsp3) is 0.368. The van der Waals surface area contributed by atoms with Crippen molar-refractivity contribution in [1.29, 1.82) is 0 Å². The van der Waals surface area contributed by atoms with Gasteiger partial charge in [-0.25, -0.2) is 0 Å². The Kier molecular flexibility index (Phi) is 6.90. The van der Waals surface area contributed by atoms with Crippen molar-refractivity contribution >= 4 is 9.05 Å². The molecule has 0 aromatic heterocycles. The van der Waals surface area contributed by atoms with Crippen molar-refractivity contribution in [2.75, 3.05) is 7.11 Å². The zero-order chi connectivity index (χ0) is 19.2. The summed E-state index contributed by atoms with van der Waals surface area (Å²) < 4.78 is 28.1. The summed E-state index contributed by atoms with van der Waals surface area (Å²) in [4.78, 5) is 10.8. The fourth-order valence-electron chi connectivity index (χ4n) is 2.15. The maximum Gasteiger partial charge on any atom is 0.818 e. The monoisotopic (exact) mass is 378 g/mol. The Morgan fingerprint density at radius 3 is 1.35 bits per heavy atom. The van der Waals surface area contributed by atoms with Crippen molar-refractivity contribution < 1.29 is 27.5 Å². The minimum Gasteiger partial charge on any atom is -0.487 e. The van der Waals surface area contributed by atoms with E-state index in [2.05, 4.69) is 0 Å². The van der Waals surface area contributed by atoms with E-state index in [9.17, 15) is 4.80 Å². The zero-order valence-corrected chi connectivity index (χ0v) is 16.8. The minimum absolute atomic E-state index is 0.0434. The van der Waals surface area contributed by atoms with E-state index in [0.717, 1.165) is 0 Å². The van der Waals surface area contributed by atoms with E-state index in [4.69, 9.17) is 22.8 Å². The molecular weight excluding hydrogens is 352 g/mol. The smallest absolute Gasteiger partial charge is 0.487 e. The van der Waals surface area contributed by atoms with Crippen molar-refractivity contribution in [3.63, 3.8) is 0 Å². The molecule has 0 amide bonds. The molecule has 0 bridgehead atoms. The maximum absolute atomic E-state index is 10.8. The predicted molar refractivity (Wildman–Crippen MR) is 101 cm³/mol. The second-order valence-electron chi connectivity index (χ2n) is 6.16. The molecule has 0 saturated carbocycles. The Labute approximate surface area is 155 Å². The summed E-state index contributed by atoms with van der Waals surface area (Å²) in [6.07, 6.45) is -0.0868. The van der Waals surface area contributed by atoms with Crippen LogP contribution < -0.4 is 18.3 Å². The fourth-order valence-corrected chi connectivity index (χ4v) is 3.26. The largest absolute Gasteiger partial charge is 0.818 e. The molecule has 2 aromatic rings. The summed E-state index contributed by atoms with van der Waals surface area (Å²) in [7, 11) is -2.69. The number of ether oxygens (including phenoxy) is 2. The van der Waals surface area contributed by atoms with E-state index in [0.29, 0.717) is 23.0 Å². The molecule has 26 heavy (non-hydrogen) atoms. The number of benzene rings is 2. The Bertz CT molecular complexity index is 648. The van der Waals surface area contributed by atoms with Crippen LogP contribution in [0.2, 0.25) is 0 Å². The molecule has 0 unspecified atom stereocenters. The van der Waals surface area contributed by atoms with Gasteiger partial charge in [0.15, 0.2) is 23.0 Å². The van der Waals surface area contributed by atoms with Crippen LogP contribution in [0.15, 0.2) is 48.5 Å². The van der Waals surface area contributed by atoms with Gasteiger partial charge in [0, 0.05) is 7.11 Å². The molecule has 0 radical (unpaired) electrons. The van der Waals surface area contributed by atoms with Crippen molar-refractivity contribution in [2.24, 2.45) is 0 Å². The average Bonchev–Trinajstić information content (AvgIpc) is 2.57. The van der Waals surface area contributed by atoms with Gasteiger partial charge in [0.05, 0.1) is 12.2 Å². The standard InChI is InChI=1S/C19H26O6Si/c1-14(2)22-16-10-6-8-12-18(16)24-26(20,21-5)25-19-13-9-7-11-17(19)23-15(3)4/h6-15,20H,1-5H3. The van der Waals surface area contributed by atoms with E-state index >= 15 is 0 Å². The van der Waals surface area contributed by atoms with Crippen LogP contribution in [-0.2, 0) is 4.43 Å². The first-order chi connectivity index (χ1) is 12.3. The van der Waals surface area contributed by atoms with Crippen LogP contribution in [0.25, 0.3) is 0 Å². The zero-order valence-electron chi connectivity index (χ0n) is 15.8. The van der Waals surface area contributed by atoms with Crippen LogP contribution in [0.1, 0.15) is 27.7 Å². The molecular formula is C19H26O6Si. The quantitative estimate of drug-likeness (QED) is 0.670. The summed E-state index contributed by atoms with van der Waals surface area (Å²) in [6.45, 7) is 7.64. The van der Waals surface area contributed by atoms with Crippen LogP contribution in [0, 0.1) is 0 Å². The van der Waals surface area contributed by atoms with Crippen LogP contribution in [-0.4, -0.2) is 33.2 Å². The lowest BCUT2D eigenvalue weighted by atomic mass is 10.3. The molecule has 1 N–H and O–H groups in total. The first-order valence-electron chi connectivity index (χ1n) is 8.50. The van der Waals surface area contributed by atoms with E-state index in [1.165, 1.54) is 7.11 Å². The highest BCUT2D eigenvalue weighted by atomic mass is 28.4. The van der Waals surface area contributed by atoms with Gasteiger partial charge >= 0.3 is 9.05 Å². The highest BCUT2D eigenvalue weighted by molar-refractivity contribution is 6.53. The van der Waals surface area contributed by atoms with Gasteiger partial charge in [-0.15, -0.1) is 0 Å². The summed E-state index contributed by atoms with van der Waals surface area (Å²) in [5.41, 5.74) is 0. The van der Waals surface area contributed by atoms with E-state index < -0.39 is 9.05 Å². The molecule has 0 heterocycles. The molecule has 0 aliphatic heterocycles. The van der Waals surface area contributed by atoms with Crippen molar-refractivity contribution in [2.45, 2.75) is 39.9 Å². The lowest BCUT2D eigenvalue weighted by Crippen LogP contribution is -2.51. The molecule has 0 spiro atoms. The Hall–Kier alpha value is -2.22. The molecule has 7 heteroatoms. The first-order valence-corrected chi connectivity index (χ1v) is 10.2. The van der Waals surface area contributed by atoms with Gasteiger partial charge < -0.3 is 27.5 Å². The third-order valence-electron chi connectivity index (χ3n) is 3.16. The number of para-hydroxylation sites is 4. The van der Waals surface area contributed by atoms with Gasteiger partial charge in [0.1, 0.15) is 0 Å². The number of hydrogen-bond donors (Lipinski definition) is 1. The first kappa shape index (κ1) is 20.1. The summed E-state index contributed by atoms with van der Waals surface area (Å²) in [6, 6.07) is 14.1. The highest BCUT2D eigenvalue weighted by Crippen LogP contribution is 2.33. The normalized spacial score (nSPS) is 11.5. The molecule has 0 aliphatic carbocycles. The minimum atomic E-state index is -4.03. The molecule has 142 valence electrons. The molecule has 0 atom stereocenters. The molecule has 2 rings (SSSR count). The highest BCUT2D eigenvalue weighted by Gasteiger charge is 2.47. The van der Waals surface area contributed by atoms with Crippen molar-refractivity contribution in [3.8, 4) is 23.0 Å². The molecule has 0 fully saturated rings. The topological polar surface area (TPSA) is 66.4 Å². The van der Waals surface area contributed by atoms with E-state index in [1.807, 2.05) is 39.8 Å². The summed E-state index contributed by atoms with van der Waals surface area (Å²) in [5.74, 6) is 1.69. The lowest BCUT2D eigenvalue weighted by molar-refractivity contribution is 0.102. The van der Waals surface area contributed by atoms with E-state index in [1.54, 1.807) is 36.4 Å². The van der Waals surface area contributed by atoms with Gasteiger partial charge in [-0.2, -0.15) is 0 Å². The summed E-state index contributed by atoms with van der Waals surface area (Å²) >= 11 is 0. The Morgan fingerprint density at radius 2 is 1.04 bits per heavy atom. The van der Waals surface area contributed by atoms with Gasteiger partial charge in [-0.05, 0) is 52.0 Å². The average molecular weight is 378 g/mol. The van der Waals surface area contributed by atoms with Crippen molar-refractivity contribution in [1.82, 2.24) is 0 Å². The number of hydrogen-bond acceptors (Lipinski definition) is 6. The third-order valence-corrected chi connectivity index (χ3v) is 4.63. The predicted octanol–water partition coefficient (Wildman–Crippen LogP) is 3.79. The lowest BCUT2D eigenvalue weighted by Gasteiger charge is -2.25. The van der Waals surface area contributed by atoms with Crippen molar-refractivity contribution in [3.05, 3.63) is 48.5 Å². The second kappa shape index (κ2) is 8.93. The Balaban J connectivity index is 2.25. The Morgan fingerprint density at radius 1 is 0.692 bits per heavy atom. The van der Waals surface area contributed by atoms with Gasteiger partial charge in [0.2, 0.25) is 0 Å². The van der Waals surface area contributed by atoms with Gasteiger partial charge in [0.25, 0.3) is 0 Å². The maximum atomic E-state index is 10.8. The SMILES string of the molecule is CO[Si](O)(Oc1ccccc1OC(C)C)Oc1ccccc1OC(C)C. The molecule has 6 nitrogen and oxygen atoms in total. The third kappa shape index (κ3) is 5.65. The second-order valence-corrected chi connectivity index (χ2v) is 8.02. The van der Waals surface area contributed by atoms with E-state index in [-0.39, 0.29) is 12.2 Å². The van der Waals surface area contributed by atoms with Gasteiger partial charge in [-0.1, -0.05) is 24.3 Å². The van der Waals surface area contributed by atoms with Gasteiger partial charge in [-0.3, -0.25) is 0 Å². The molecule has 0 saturated heterocycles. The van der Waals surface area contributed by atoms with Crippen LogP contribution >= 0.6 is 0 Å². The molecule has 0 aliphatic rings. The number of rotatable bonds is 9. The van der Waals surface area contributed by atoms with Crippen LogP contribution in [0.3, 0.4) is 0 Å². The van der Waals surface area contributed by atoms with Crippen LogP contribution in [0.4, 0.5) is 0 Å². The molecule has 2 aromatic carbocycles. The van der Waals surface area contributed by atoms with Crippen LogP contribution in [0.5, 0.6) is 23.0 Å².